The molecule has 5 rings (SSSR count). The Morgan fingerprint density at radius 2 is 2.18 bits per heavy atom. The fourth-order valence-corrected chi connectivity index (χ4v) is 5.64. The van der Waals surface area contributed by atoms with Gasteiger partial charge in [0.2, 0.25) is 0 Å². The van der Waals surface area contributed by atoms with Crippen LogP contribution in [0.4, 0.5) is 0 Å². The Labute approximate surface area is 130 Å². The van der Waals surface area contributed by atoms with Gasteiger partial charge in [0, 0.05) is 29.4 Å². The molecule has 4 nitrogen and oxygen atoms in total. The molecule has 0 aromatic rings. The lowest BCUT2D eigenvalue weighted by Gasteiger charge is -2.58. The molecule has 2 aliphatic heterocycles. The van der Waals surface area contributed by atoms with Crippen molar-refractivity contribution in [2.24, 2.45) is 11.3 Å². The number of hydrogen-bond donors (Lipinski definition) is 2. The predicted octanol–water partition coefficient (Wildman–Crippen LogP) is 1.36. The van der Waals surface area contributed by atoms with Gasteiger partial charge in [-0.25, -0.2) is 0 Å². The van der Waals surface area contributed by atoms with E-state index >= 15 is 0 Å². The van der Waals surface area contributed by atoms with Gasteiger partial charge in [-0.15, -0.1) is 0 Å². The zero-order valence-corrected chi connectivity index (χ0v) is 13.1. The zero-order valence-electron chi connectivity index (χ0n) is 13.1. The van der Waals surface area contributed by atoms with Crippen LogP contribution >= 0.6 is 0 Å². The average Bonchev–Trinajstić information content (AvgIpc) is 2.83. The highest BCUT2D eigenvalue weighted by atomic mass is 16.5. The molecule has 0 aromatic carbocycles. The summed E-state index contributed by atoms with van der Waals surface area (Å²) in [6, 6.07) is 0.473. The maximum absolute atomic E-state index is 10.8. The van der Waals surface area contributed by atoms with Gasteiger partial charge in [0.25, 0.3) is 0 Å². The Morgan fingerprint density at radius 3 is 3.00 bits per heavy atom. The molecule has 4 heteroatoms. The van der Waals surface area contributed by atoms with Crippen molar-refractivity contribution in [3.63, 3.8) is 0 Å². The first-order chi connectivity index (χ1) is 10.4. The maximum atomic E-state index is 10.8. The third-order valence-electron chi connectivity index (χ3n) is 6.71. The van der Waals surface area contributed by atoms with Crippen LogP contribution in [0.1, 0.15) is 26.2 Å². The summed E-state index contributed by atoms with van der Waals surface area (Å²) < 4.78 is 6.26. The monoisotopic (exact) mass is 301 g/mol. The summed E-state index contributed by atoms with van der Waals surface area (Å²) in [6.07, 6.45) is 8.12. The molecule has 5 aliphatic rings. The Kier molecular flexibility index (Phi) is 2.34. The third-order valence-corrected chi connectivity index (χ3v) is 6.71. The van der Waals surface area contributed by atoms with Gasteiger partial charge in [-0.2, -0.15) is 0 Å². The lowest BCUT2D eigenvalue weighted by Crippen LogP contribution is -2.62. The molecular formula is C18H23NO3. The number of hydrogen-bond acceptors (Lipinski definition) is 4. The van der Waals surface area contributed by atoms with E-state index in [0.717, 1.165) is 25.1 Å². The molecule has 118 valence electrons. The smallest absolute Gasteiger partial charge is 0.138 e. The summed E-state index contributed by atoms with van der Waals surface area (Å²) in [5, 5.41) is 21.4. The van der Waals surface area contributed by atoms with Crippen molar-refractivity contribution in [3.8, 4) is 0 Å². The molecule has 1 saturated heterocycles. The van der Waals surface area contributed by atoms with Gasteiger partial charge in [-0.1, -0.05) is 18.2 Å². The van der Waals surface area contributed by atoms with Gasteiger partial charge in [-0.3, -0.25) is 0 Å². The number of aliphatic hydroxyl groups is 2. The fourth-order valence-electron chi connectivity index (χ4n) is 5.64. The van der Waals surface area contributed by atoms with Crippen molar-refractivity contribution in [1.29, 1.82) is 0 Å². The molecule has 22 heavy (non-hydrogen) atoms. The van der Waals surface area contributed by atoms with Crippen molar-refractivity contribution in [1.82, 2.24) is 4.90 Å². The number of ether oxygens (including phenoxy) is 1. The average molecular weight is 301 g/mol. The second-order valence-electron chi connectivity index (χ2n) is 7.89. The molecule has 0 amide bonds. The van der Waals surface area contributed by atoms with Gasteiger partial charge in [-0.05, 0) is 38.9 Å². The van der Waals surface area contributed by atoms with Crippen molar-refractivity contribution in [2.75, 3.05) is 13.6 Å². The Morgan fingerprint density at radius 1 is 1.36 bits per heavy atom. The molecule has 2 bridgehead atoms. The fraction of sp³-hybridized carbons (Fsp3) is 0.667. The van der Waals surface area contributed by atoms with Crippen LogP contribution in [0.15, 0.2) is 35.1 Å². The summed E-state index contributed by atoms with van der Waals surface area (Å²) in [7, 11) is 2.20. The minimum absolute atomic E-state index is 0.144. The van der Waals surface area contributed by atoms with Crippen molar-refractivity contribution < 1.29 is 14.9 Å². The van der Waals surface area contributed by atoms with Crippen molar-refractivity contribution >= 4 is 0 Å². The van der Waals surface area contributed by atoms with Crippen LogP contribution in [0.5, 0.6) is 0 Å². The van der Waals surface area contributed by atoms with E-state index in [0.29, 0.717) is 18.4 Å². The second kappa shape index (κ2) is 3.86. The van der Waals surface area contributed by atoms with Gasteiger partial charge in [0.05, 0.1) is 0 Å². The Hall–Kier alpha value is -1.10. The molecule has 2 fully saturated rings. The van der Waals surface area contributed by atoms with Crippen LogP contribution < -0.4 is 0 Å². The number of rotatable bonds is 0. The highest BCUT2D eigenvalue weighted by Gasteiger charge is 2.66. The number of aliphatic hydroxyl groups excluding tert-OH is 1. The number of piperidine rings is 1. The SMILES string of the molecule is CN1CC[C@]23C4=C5O[C@H]2[C@@H](O)C=C[C@H]3[C@H]1CC4=CC[C@]5(C)O. The van der Waals surface area contributed by atoms with Crippen LogP contribution in [0.25, 0.3) is 0 Å². The van der Waals surface area contributed by atoms with Gasteiger partial charge < -0.3 is 19.8 Å². The first-order valence-electron chi connectivity index (χ1n) is 8.35. The molecule has 6 atom stereocenters. The zero-order chi connectivity index (χ0) is 15.3. The largest absolute Gasteiger partial charge is 0.487 e. The summed E-state index contributed by atoms with van der Waals surface area (Å²) in [6.45, 7) is 2.86. The molecule has 0 unspecified atom stereocenters. The van der Waals surface area contributed by atoms with Crippen molar-refractivity contribution in [2.45, 2.75) is 50.0 Å². The normalized spacial score (nSPS) is 52.3. The topological polar surface area (TPSA) is 52.9 Å². The molecule has 3 aliphatic carbocycles. The first kappa shape index (κ1) is 13.3. The van der Waals surface area contributed by atoms with E-state index in [9.17, 15) is 10.2 Å². The van der Waals surface area contributed by atoms with Crippen LogP contribution in [-0.2, 0) is 4.74 Å². The van der Waals surface area contributed by atoms with Crippen LogP contribution in [0, 0.1) is 11.3 Å². The van der Waals surface area contributed by atoms with Crippen LogP contribution in [-0.4, -0.2) is 52.6 Å². The minimum atomic E-state index is -0.939. The van der Waals surface area contributed by atoms with E-state index in [4.69, 9.17) is 4.74 Å². The van der Waals surface area contributed by atoms with E-state index in [-0.39, 0.29) is 11.5 Å². The van der Waals surface area contributed by atoms with E-state index in [1.165, 1.54) is 11.1 Å². The van der Waals surface area contributed by atoms with E-state index in [2.05, 4.69) is 24.1 Å². The molecule has 0 aromatic heterocycles. The summed E-state index contributed by atoms with van der Waals surface area (Å²) in [4.78, 5) is 2.46. The molecule has 2 N–H and O–H groups in total. The number of nitrogens with zero attached hydrogens (tertiary/aromatic N) is 1. The van der Waals surface area contributed by atoms with E-state index in [1.54, 1.807) is 0 Å². The van der Waals surface area contributed by atoms with Crippen LogP contribution in [0.2, 0.25) is 0 Å². The highest BCUT2D eigenvalue weighted by Crippen LogP contribution is 2.65. The van der Waals surface area contributed by atoms with Gasteiger partial charge >= 0.3 is 0 Å². The molecule has 2 heterocycles. The predicted molar refractivity (Wildman–Crippen MR) is 81.9 cm³/mol. The Bertz CT molecular complexity index is 647. The highest BCUT2D eigenvalue weighted by molar-refractivity contribution is 5.54. The van der Waals surface area contributed by atoms with Crippen LogP contribution in [0.3, 0.4) is 0 Å². The molecular weight excluding hydrogens is 278 g/mol. The summed E-state index contributed by atoms with van der Waals surface area (Å²) in [5.74, 6) is 1.11. The first-order valence-corrected chi connectivity index (χ1v) is 8.35. The lowest BCUT2D eigenvalue weighted by atomic mass is 9.51. The summed E-state index contributed by atoms with van der Waals surface area (Å²) in [5.41, 5.74) is 1.49. The van der Waals surface area contributed by atoms with Crippen molar-refractivity contribution in [3.05, 3.63) is 35.1 Å². The molecule has 1 saturated carbocycles. The maximum Gasteiger partial charge on any atom is 0.138 e. The Balaban J connectivity index is 1.78. The lowest BCUT2D eigenvalue weighted by molar-refractivity contribution is -0.101. The van der Waals surface area contributed by atoms with E-state index in [1.807, 2.05) is 13.0 Å². The second-order valence-corrected chi connectivity index (χ2v) is 7.89. The minimum Gasteiger partial charge on any atom is -0.487 e. The molecule has 0 radical (unpaired) electrons. The third kappa shape index (κ3) is 1.31. The number of likely N-dealkylation sites (tertiary alicyclic amines) is 1. The van der Waals surface area contributed by atoms with Gasteiger partial charge in [0.15, 0.2) is 0 Å². The standard InChI is InChI=1S/C18H23NO3/c1-17(21)6-5-10-9-12-11-3-4-13(20)15-18(11,7-8-19(12)2)14(10)16(17)22-15/h3-5,11-13,15,20-21H,6-9H2,1-2H3/t11-,12+,13-,15-,17-,18-/m0/s1. The summed E-state index contributed by atoms with van der Waals surface area (Å²) >= 11 is 0. The molecule has 1 spiro atoms. The van der Waals surface area contributed by atoms with E-state index < -0.39 is 11.7 Å². The quantitative estimate of drug-likeness (QED) is 0.664. The van der Waals surface area contributed by atoms with Gasteiger partial charge in [0.1, 0.15) is 23.6 Å².